The van der Waals surface area contributed by atoms with Crippen molar-refractivity contribution >= 4 is 5.84 Å². The molecule has 2 heteroatoms. The van der Waals surface area contributed by atoms with Gasteiger partial charge in [-0.2, -0.15) is 0 Å². The summed E-state index contributed by atoms with van der Waals surface area (Å²) in [7, 11) is 2.03. The van der Waals surface area contributed by atoms with Crippen LogP contribution in [0.1, 0.15) is 20.8 Å². The number of allylic oxidation sites excluding steroid dienone is 1. The second-order valence-corrected chi connectivity index (χ2v) is 2.17. The van der Waals surface area contributed by atoms with E-state index in [4.69, 9.17) is 0 Å². The maximum Gasteiger partial charge on any atom is 0.101 e. The van der Waals surface area contributed by atoms with E-state index >= 15 is 0 Å². The second kappa shape index (κ2) is 5.03. The van der Waals surface area contributed by atoms with Gasteiger partial charge in [-0.25, -0.2) is 4.99 Å². The summed E-state index contributed by atoms with van der Waals surface area (Å²) in [4.78, 5) is 6.27. The highest BCUT2D eigenvalue weighted by molar-refractivity contribution is 5.79. The Morgan fingerprint density at radius 1 is 1.60 bits per heavy atom. The zero-order chi connectivity index (χ0) is 7.98. The van der Waals surface area contributed by atoms with E-state index < -0.39 is 0 Å². The first-order valence-corrected chi connectivity index (χ1v) is 3.59. The summed E-state index contributed by atoms with van der Waals surface area (Å²) in [5, 5.41) is 0. The van der Waals surface area contributed by atoms with Gasteiger partial charge in [-0.15, -0.1) is 0 Å². The molecule has 0 saturated heterocycles. The van der Waals surface area contributed by atoms with Crippen LogP contribution in [0.2, 0.25) is 0 Å². The summed E-state index contributed by atoms with van der Waals surface area (Å²) in [6.45, 7) is 7.08. The van der Waals surface area contributed by atoms with Crippen LogP contribution in [0.25, 0.3) is 0 Å². The molecule has 0 spiro atoms. The average molecular weight is 140 g/mol. The summed E-state index contributed by atoms with van der Waals surface area (Å²) >= 11 is 0. The van der Waals surface area contributed by atoms with Crippen LogP contribution in [0.3, 0.4) is 0 Å². The standard InChI is InChI=1S/C8H16N2/c1-5-7-9-8(3)10(4)6-2/h5,7H,6H2,1-4H3/b7-5-,9-8+. The number of amidine groups is 1. The molecule has 0 heterocycles. The number of aliphatic imine (C=N–C) groups is 1. The van der Waals surface area contributed by atoms with Gasteiger partial charge in [0.15, 0.2) is 0 Å². The lowest BCUT2D eigenvalue weighted by Crippen LogP contribution is -2.23. The van der Waals surface area contributed by atoms with Gasteiger partial charge in [0.2, 0.25) is 0 Å². The maximum atomic E-state index is 4.18. The van der Waals surface area contributed by atoms with E-state index in [-0.39, 0.29) is 0 Å². The third kappa shape index (κ3) is 3.28. The molecule has 58 valence electrons. The van der Waals surface area contributed by atoms with Gasteiger partial charge >= 0.3 is 0 Å². The van der Waals surface area contributed by atoms with Crippen molar-refractivity contribution in [3.8, 4) is 0 Å². The Balaban J connectivity index is 3.91. The Bertz CT molecular complexity index is 136. The summed E-state index contributed by atoms with van der Waals surface area (Å²) < 4.78 is 0. The maximum absolute atomic E-state index is 4.18. The lowest BCUT2D eigenvalue weighted by Gasteiger charge is -2.14. The molecule has 0 fully saturated rings. The van der Waals surface area contributed by atoms with E-state index in [2.05, 4.69) is 16.8 Å². The lowest BCUT2D eigenvalue weighted by molar-refractivity contribution is 0.532. The quantitative estimate of drug-likeness (QED) is 0.422. The Kier molecular flexibility index (Phi) is 4.63. The van der Waals surface area contributed by atoms with Gasteiger partial charge in [0.25, 0.3) is 0 Å². The van der Waals surface area contributed by atoms with Crippen LogP contribution in [0, 0.1) is 0 Å². The molecule has 0 aliphatic rings. The summed E-state index contributed by atoms with van der Waals surface area (Å²) in [5.74, 6) is 1.06. The minimum Gasteiger partial charge on any atom is -0.364 e. The molecule has 0 unspecified atom stereocenters. The van der Waals surface area contributed by atoms with Gasteiger partial charge < -0.3 is 4.90 Å². The van der Waals surface area contributed by atoms with Crippen LogP contribution >= 0.6 is 0 Å². The molecule has 0 aliphatic heterocycles. The predicted octanol–water partition coefficient (Wildman–Crippen LogP) is 1.89. The summed E-state index contributed by atoms with van der Waals surface area (Å²) in [5.41, 5.74) is 0. The van der Waals surface area contributed by atoms with E-state index in [9.17, 15) is 0 Å². The van der Waals surface area contributed by atoms with Gasteiger partial charge in [0, 0.05) is 19.8 Å². The number of rotatable bonds is 2. The molecule has 0 aromatic heterocycles. The van der Waals surface area contributed by atoms with Crippen molar-refractivity contribution in [3.63, 3.8) is 0 Å². The van der Waals surface area contributed by atoms with Gasteiger partial charge in [0.05, 0.1) is 0 Å². The molecular formula is C8H16N2. The highest BCUT2D eigenvalue weighted by Crippen LogP contribution is 1.86. The predicted molar refractivity (Wildman–Crippen MR) is 46.2 cm³/mol. The Morgan fingerprint density at radius 3 is 2.60 bits per heavy atom. The minimum atomic E-state index is 1.01. The molecule has 10 heavy (non-hydrogen) atoms. The van der Waals surface area contributed by atoms with E-state index in [0.29, 0.717) is 0 Å². The van der Waals surface area contributed by atoms with Crippen molar-refractivity contribution in [1.82, 2.24) is 4.90 Å². The first-order chi connectivity index (χ1) is 4.72. The first kappa shape index (κ1) is 9.21. The van der Waals surface area contributed by atoms with E-state index in [1.807, 2.05) is 33.2 Å². The monoisotopic (exact) mass is 140 g/mol. The Labute approximate surface area is 63.3 Å². The van der Waals surface area contributed by atoms with Crippen molar-refractivity contribution in [1.29, 1.82) is 0 Å². The van der Waals surface area contributed by atoms with Crippen molar-refractivity contribution in [3.05, 3.63) is 12.3 Å². The molecular weight excluding hydrogens is 124 g/mol. The SMILES string of the molecule is C/C=C\N=C(/C)N(C)CC. The molecule has 2 nitrogen and oxygen atoms in total. The molecule has 0 aromatic carbocycles. The van der Waals surface area contributed by atoms with Crippen molar-refractivity contribution in [2.24, 2.45) is 4.99 Å². The molecule has 0 rings (SSSR count). The van der Waals surface area contributed by atoms with E-state index in [1.165, 1.54) is 0 Å². The van der Waals surface area contributed by atoms with Crippen LogP contribution in [0.4, 0.5) is 0 Å². The zero-order valence-electron chi connectivity index (χ0n) is 7.26. The number of hydrogen-bond donors (Lipinski definition) is 0. The van der Waals surface area contributed by atoms with Crippen molar-refractivity contribution in [2.75, 3.05) is 13.6 Å². The highest BCUT2D eigenvalue weighted by Gasteiger charge is 1.92. The van der Waals surface area contributed by atoms with E-state index in [0.717, 1.165) is 12.4 Å². The van der Waals surface area contributed by atoms with Crippen LogP contribution in [0.15, 0.2) is 17.3 Å². The molecule has 0 amide bonds. The fourth-order valence-corrected chi connectivity index (χ4v) is 0.510. The van der Waals surface area contributed by atoms with Crippen molar-refractivity contribution in [2.45, 2.75) is 20.8 Å². The number of nitrogens with zero attached hydrogens (tertiary/aromatic N) is 2. The van der Waals surface area contributed by atoms with Gasteiger partial charge in [0.1, 0.15) is 5.84 Å². The average Bonchev–Trinajstić information content (AvgIpc) is 1.98. The Morgan fingerprint density at radius 2 is 2.20 bits per heavy atom. The summed E-state index contributed by atoms with van der Waals surface area (Å²) in [6.07, 6.45) is 3.73. The minimum absolute atomic E-state index is 1.01. The molecule has 0 bridgehead atoms. The largest absolute Gasteiger partial charge is 0.364 e. The van der Waals surface area contributed by atoms with Crippen molar-refractivity contribution < 1.29 is 0 Å². The first-order valence-electron chi connectivity index (χ1n) is 3.59. The zero-order valence-corrected chi connectivity index (χ0v) is 7.26. The van der Waals surface area contributed by atoms with Gasteiger partial charge in [-0.05, 0) is 20.8 Å². The lowest BCUT2D eigenvalue weighted by atomic mass is 10.5. The molecule has 0 aliphatic carbocycles. The number of hydrogen-bond acceptors (Lipinski definition) is 1. The van der Waals surface area contributed by atoms with Crippen LogP contribution in [0.5, 0.6) is 0 Å². The van der Waals surface area contributed by atoms with Crippen LogP contribution in [-0.2, 0) is 0 Å². The molecule has 0 radical (unpaired) electrons. The molecule has 0 N–H and O–H groups in total. The third-order valence-electron chi connectivity index (χ3n) is 1.44. The summed E-state index contributed by atoms with van der Waals surface area (Å²) in [6, 6.07) is 0. The fourth-order valence-electron chi connectivity index (χ4n) is 0.510. The smallest absolute Gasteiger partial charge is 0.101 e. The highest BCUT2D eigenvalue weighted by atomic mass is 15.1. The normalized spacial score (nSPS) is 12.6. The third-order valence-corrected chi connectivity index (χ3v) is 1.44. The molecule has 0 saturated carbocycles. The molecule has 0 aromatic rings. The van der Waals surface area contributed by atoms with Gasteiger partial charge in [-0.1, -0.05) is 6.08 Å². The fraction of sp³-hybridized carbons (Fsp3) is 0.625. The van der Waals surface area contributed by atoms with Crippen LogP contribution in [-0.4, -0.2) is 24.3 Å². The topological polar surface area (TPSA) is 15.6 Å². The second-order valence-electron chi connectivity index (χ2n) is 2.17. The molecule has 0 atom stereocenters. The van der Waals surface area contributed by atoms with Gasteiger partial charge in [-0.3, -0.25) is 0 Å². The Hall–Kier alpha value is -0.790. The van der Waals surface area contributed by atoms with Crippen LogP contribution < -0.4 is 0 Å². The van der Waals surface area contributed by atoms with E-state index in [1.54, 1.807) is 0 Å².